The second-order valence-corrected chi connectivity index (χ2v) is 6.43. The highest BCUT2D eigenvalue weighted by molar-refractivity contribution is 7.99. The third-order valence-electron chi connectivity index (χ3n) is 3.61. The van der Waals surface area contributed by atoms with E-state index >= 15 is 0 Å². The molecule has 0 spiro atoms. The van der Waals surface area contributed by atoms with Crippen molar-refractivity contribution in [3.8, 4) is 5.75 Å². The predicted molar refractivity (Wildman–Crippen MR) is 84.9 cm³/mol. The molecule has 3 rings (SSSR count). The van der Waals surface area contributed by atoms with Gasteiger partial charge in [-0.15, -0.1) is 10.2 Å². The van der Waals surface area contributed by atoms with Gasteiger partial charge in [0, 0.05) is 18.2 Å². The first kappa shape index (κ1) is 15.3. The first-order valence-corrected chi connectivity index (χ1v) is 8.70. The summed E-state index contributed by atoms with van der Waals surface area (Å²) in [6.07, 6.45) is 3.40. The average molecular weight is 321 g/mol. The Morgan fingerprint density at radius 2 is 2.05 bits per heavy atom. The van der Waals surface area contributed by atoms with Crippen molar-refractivity contribution in [1.82, 2.24) is 14.8 Å². The molecule has 1 heterocycles. The van der Waals surface area contributed by atoms with E-state index in [-0.39, 0.29) is 5.82 Å². The normalized spacial score (nSPS) is 14.3. The van der Waals surface area contributed by atoms with Gasteiger partial charge in [-0.05, 0) is 50.5 Å². The van der Waals surface area contributed by atoms with Gasteiger partial charge in [0.15, 0.2) is 5.16 Å². The van der Waals surface area contributed by atoms with Crippen molar-refractivity contribution in [3.63, 3.8) is 0 Å². The standard InChI is InChI=1S/C16H20FN3OS/c1-2-20-15(12-4-5-12)18-19-16(20)22-11-3-10-21-14-8-6-13(17)7-9-14/h6-9,12H,2-5,10-11H2,1H3. The molecule has 0 atom stereocenters. The number of rotatable bonds is 8. The van der Waals surface area contributed by atoms with Crippen molar-refractivity contribution in [3.05, 3.63) is 35.9 Å². The van der Waals surface area contributed by atoms with Crippen LogP contribution in [0.3, 0.4) is 0 Å². The fraction of sp³-hybridized carbons (Fsp3) is 0.500. The van der Waals surface area contributed by atoms with Gasteiger partial charge in [-0.25, -0.2) is 4.39 Å². The lowest BCUT2D eigenvalue weighted by molar-refractivity contribution is 0.318. The molecule has 1 aromatic heterocycles. The van der Waals surface area contributed by atoms with Gasteiger partial charge in [-0.3, -0.25) is 0 Å². The molecule has 0 amide bonds. The monoisotopic (exact) mass is 321 g/mol. The van der Waals surface area contributed by atoms with Crippen LogP contribution in [0.1, 0.15) is 37.9 Å². The molecule has 0 radical (unpaired) electrons. The summed E-state index contributed by atoms with van der Waals surface area (Å²) in [5.41, 5.74) is 0. The minimum absolute atomic E-state index is 0.242. The quantitative estimate of drug-likeness (QED) is 0.546. The van der Waals surface area contributed by atoms with Gasteiger partial charge in [-0.1, -0.05) is 11.8 Å². The Morgan fingerprint density at radius 3 is 2.73 bits per heavy atom. The maximum Gasteiger partial charge on any atom is 0.191 e. The van der Waals surface area contributed by atoms with Crippen LogP contribution < -0.4 is 4.74 Å². The van der Waals surface area contributed by atoms with E-state index in [2.05, 4.69) is 21.7 Å². The molecule has 2 aromatic rings. The number of aromatic nitrogens is 3. The highest BCUT2D eigenvalue weighted by Crippen LogP contribution is 2.39. The average Bonchev–Trinajstić information content (AvgIpc) is 3.29. The van der Waals surface area contributed by atoms with E-state index in [1.54, 1.807) is 23.9 Å². The number of nitrogens with zero attached hydrogens (tertiary/aromatic N) is 3. The Kier molecular flexibility index (Phi) is 4.97. The van der Waals surface area contributed by atoms with Crippen molar-refractivity contribution < 1.29 is 9.13 Å². The lowest BCUT2D eigenvalue weighted by Gasteiger charge is -2.07. The number of hydrogen-bond donors (Lipinski definition) is 0. The lowest BCUT2D eigenvalue weighted by atomic mass is 10.3. The third kappa shape index (κ3) is 3.80. The fourth-order valence-electron chi connectivity index (χ4n) is 2.29. The van der Waals surface area contributed by atoms with Crippen molar-refractivity contribution in [2.24, 2.45) is 0 Å². The first-order chi connectivity index (χ1) is 10.8. The van der Waals surface area contributed by atoms with Crippen LogP contribution in [0.25, 0.3) is 0 Å². The lowest BCUT2D eigenvalue weighted by Crippen LogP contribution is -2.03. The summed E-state index contributed by atoms with van der Waals surface area (Å²) >= 11 is 1.72. The Bertz CT molecular complexity index is 610. The van der Waals surface area contributed by atoms with Crippen LogP contribution in [0.4, 0.5) is 4.39 Å². The minimum atomic E-state index is -0.242. The zero-order valence-electron chi connectivity index (χ0n) is 12.7. The Morgan fingerprint density at radius 1 is 1.27 bits per heavy atom. The third-order valence-corrected chi connectivity index (χ3v) is 4.66. The molecular formula is C16H20FN3OS. The molecule has 0 saturated heterocycles. The van der Waals surface area contributed by atoms with Crippen molar-refractivity contribution in [2.75, 3.05) is 12.4 Å². The molecule has 1 aliphatic rings. The number of benzene rings is 1. The second-order valence-electron chi connectivity index (χ2n) is 5.36. The van der Waals surface area contributed by atoms with Gasteiger partial charge in [0.05, 0.1) is 6.61 Å². The minimum Gasteiger partial charge on any atom is -0.494 e. The molecule has 4 nitrogen and oxygen atoms in total. The zero-order valence-corrected chi connectivity index (χ0v) is 13.5. The topological polar surface area (TPSA) is 39.9 Å². The molecule has 1 fully saturated rings. The van der Waals surface area contributed by atoms with Crippen LogP contribution in [0.15, 0.2) is 29.4 Å². The zero-order chi connectivity index (χ0) is 15.4. The first-order valence-electron chi connectivity index (χ1n) is 7.72. The molecule has 0 aliphatic heterocycles. The van der Waals surface area contributed by atoms with Crippen molar-refractivity contribution >= 4 is 11.8 Å². The summed E-state index contributed by atoms with van der Waals surface area (Å²) in [4.78, 5) is 0. The molecule has 0 unspecified atom stereocenters. The van der Waals surface area contributed by atoms with Gasteiger partial charge in [0.1, 0.15) is 17.4 Å². The van der Waals surface area contributed by atoms with Crippen LogP contribution >= 0.6 is 11.8 Å². The Labute approximate surface area is 134 Å². The Hall–Kier alpha value is -1.56. The van der Waals surface area contributed by atoms with Crippen LogP contribution in [0.5, 0.6) is 5.75 Å². The number of halogens is 1. The molecule has 1 aromatic carbocycles. The van der Waals surface area contributed by atoms with E-state index in [9.17, 15) is 4.39 Å². The largest absolute Gasteiger partial charge is 0.494 e. The van der Waals surface area contributed by atoms with Crippen LogP contribution in [0.2, 0.25) is 0 Å². The SMILES string of the molecule is CCn1c(SCCCOc2ccc(F)cc2)nnc1C1CC1. The molecule has 22 heavy (non-hydrogen) atoms. The predicted octanol–water partition coefficient (Wildman–Crippen LogP) is 3.88. The summed E-state index contributed by atoms with van der Waals surface area (Å²) in [5, 5.41) is 9.64. The summed E-state index contributed by atoms with van der Waals surface area (Å²) < 4.78 is 20.6. The fourth-order valence-corrected chi connectivity index (χ4v) is 3.21. The van der Waals surface area contributed by atoms with Crippen molar-refractivity contribution in [2.45, 2.75) is 43.8 Å². The summed E-state index contributed by atoms with van der Waals surface area (Å²) in [5.74, 6) is 3.17. The van der Waals surface area contributed by atoms with E-state index < -0.39 is 0 Å². The van der Waals surface area contributed by atoms with E-state index in [0.29, 0.717) is 18.3 Å². The summed E-state index contributed by atoms with van der Waals surface area (Å²) in [6, 6.07) is 6.12. The number of ether oxygens (including phenoxy) is 1. The van der Waals surface area contributed by atoms with E-state index in [1.807, 2.05) is 0 Å². The summed E-state index contributed by atoms with van der Waals surface area (Å²) in [6.45, 7) is 3.68. The molecule has 6 heteroatoms. The molecular weight excluding hydrogens is 301 g/mol. The second kappa shape index (κ2) is 7.13. The van der Waals surface area contributed by atoms with E-state index in [4.69, 9.17) is 4.74 Å². The maximum atomic E-state index is 12.8. The smallest absolute Gasteiger partial charge is 0.191 e. The Balaban J connectivity index is 1.42. The van der Waals surface area contributed by atoms with E-state index in [0.717, 1.165) is 29.7 Å². The van der Waals surface area contributed by atoms with Crippen molar-refractivity contribution in [1.29, 1.82) is 0 Å². The molecule has 0 N–H and O–H groups in total. The van der Waals surface area contributed by atoms with Gasteiger partial charge < -0.3 is 9.30 Å². The number of thioether (sulfide) groups is 1. The molecule has 1 saturated carbocycles. The van der Waals surface area contributed by atoms with E-state index in [1.165, 1.54) is 25.0 Å². The van der Waals surface area contributed by atoms with Gasteiger partial charge in [-0.2, -0.15) is 0 Å². The highest BCUT2D eigenvalue weighted by Gasteiger charge is 2.29. The molecule has 1 aliphatic carbocycles. The van der Waals surface area contributed by atoms with Gasteiger partial charge in [0.2, 0.25) is 0 Å². The molecule has 0 bridgehead atoms. The van der Waals surface area contributed by atoms with Gasteiger partial charge >= 0.3 is 0 Å². The summed E-state index contributed by atoms with van der Waals surface area (Å²) in [7, 11) is 0. The van der Waals surface area contributed by atoms with Gasteiger partial charge in [0.25, 0.3) is 0 Å². The van der Waals surface area contributed by atoms with Crippen LogP contribution in [-0.4, -0.2) is 27.1 Å². The molecule has 118 valence electrons. The van der Waals surface area contributed by atoms with Crippen LogP contribution in [0, 0.1) is 5.82 Å². The number of hydrogen-bond acceptors (Lipinski definition) is 4. The highest BCUT2D eigenvalue weighted by atomic mass is 32.2. The maximum absolute atomic E-state index is 12.8. The van der Waals surface area contributed by atoms with Crippen LogP contribution in [-0.2, 0) is 6.54 Å².